The fourth-order valence-electron chi connectivity index (χ4n) is 0. The van der Waals surface area contributed by atoms with Crippen molar-refractivity contribution in [3.05, 3.63) is 0 Å². The Hall–Kier alpha value is 0.0600. The van der Waals surface area contributed by atoms with Crippen molar-refractivity contribution in [2.45, 2.75) is 215 Å². The van der Waals surface area contributed by atoms with Crippen LogP contribution in [-0.4, -0.2) is 0 Å². The van der Waals surface area contributed by atoms with Crippen LogP contribution in [0.25, 0.3) is 0 Å². The van der Waals surface area contributed by atoms with Gasteiger partial charge in [-0.1, -0.05) is 215 Å². The van der Waals surface area contributed by atoms with Crippen molar-refractivity contribution in [2.24, 2.45) is 0 Å². The van der Waals surface area contributed by atoms with Gasteiger partial charge < -0.3 is 0 Å². The Morgan fingerprint density at radius 2 is 0.114 bits per heavy atom. The van der Waals surface area contributed by atoms with Crippen molar-refractivity contribution in [1.82, 2.24) is 0 Å². The lowest BCUT2D eigenvalue weighted by atomic mass is 12.0. The van der Waals surface area contributed by atoms with E-state index in [4.69, 9.17) is 14.3 Å². The van der Waals surface area contributed by atoms with Crippen LogP contribution in [0.1, 0.15) is 215 Å². The molecule has 3 N–H and O–H groups in total. The first-order valence-electron chi connectivity index (χ1n) is 0.612. The number of hydrogen-bond donors (Lipinski definition) is 3. The molecule has 0 amide bonds. The molecule has 268 valence electrons. The monoisotopic (exact) mass is 606 g/mol. The van der Waals surface area contributed by atoms with Gasteiger partial charge in [0, 0.05) is 37.3 Å². The second-order valence-electron chi connectivity index (χ2n) is 0. The van der Waals surface area contributed by atoms with Crippen molar-refractivity contribution in [3.63, 3.8) is 0 Å². The fraction of sp³-hybridized carbons (Fsp3) is 1.00. The van der Waals surface area contributed by atoms with E-state index in [0.717, 1.165) is 0 Å². The Balaban J connectivity index is -0.0000000000909. The van der Waals surface area contributed by atoms with Crippen molar-refractivity contribution < 1.29 is 0 Å². The van der Waals surface area contributed by atoms with Gasteiger partial charge in [-0.25, -0.2) is 14.3 Å². The van der Waals surface area contributed by atoms with Crippen LogP contribution in [0.5, 0.6) is 0 Å². The normalized spacial score (nSPS) is 0.343. The zero-order chi connectivity index (χ0) is 6.00. The van der Waals surface area contributed by atoms with Crippen LogP contribution in [0.15, 0.2) is 0 Å². The molecule has 0 rings (SSSR count). The average Bonchev–Trinajstić information content (AvgIpc) is 1.81. The maximum atomic E-state index is 5.33. The molecule has 0 saturated carbocycles. The molecule has 0 aromatic carbocycles. The van der Waals surface area contributed by atoms with E-state index in [9.17, 15) is 0 Å². The summed E-state index contributed by atoms with van der Waals surface area (Å²) in [6.07, 6.45) is 0. The Morgan fingerprint density at radius 1 is 0.114 bits per heavy atom. The third-order valence-corrected chi connectivity index (χ3v) is 0. The van der Waals surface area contributed by atoms with Crippen LogP contribution in [0.4, 0.5) is 0 Å². The smallest absolute Gasteiger partial charge is 0.0324 e. The summed E-state index contributed by atoms with van der Waals surface area (Å²) in [7, 11) is 0. The van der Waals surface area contributed by atoms with Gasteiger partial charge in [-0.2, -0.15) is 0 Å². The first-order valence-corrected chi connectivity index (χ1v) is 1.84. The largest absolute Gasteiger partial charge is 0.235 e. The minimum absolute atomic E-state index is 0. The summed E-state index contributed by atoms with van der Waals surface area (Å²) in [5.41, 5.74) is 0. The van der Waals surface area contributed by atoms with Crippen molar-refractivity contribution in [2.75, 3.05) is 0 Å². The van der Waals surface area contributed by atoms with Gasteiger partial charge in [-0.15, -0.1) is 0 Å². The molecule has 0 saturated heterocycles. The number of rotatable bonds is 0. The molecule has 0 unspecified atom stereocenters. The quantitative estimate of drug-likeness (QED) is 0.257. The SMILES string of the molecule is C.C.C.C.C.C.C.C.C.C.C.C.C.C.C.C.C.C.C.C.C.C.C.C.C.C.C.C.C.N=S.N=S.N=S. The van der Waals surface area contributed by atoms with E-state index in [1.807, 2.05) is 0 Å². The van der Waals surface area contributed by atoms with Crippen molar-refractivity contribution >= 4 is 37.3 Å². The predicted molar refractivity (Wildman–Crippen MR) is 225 cm³/mol. The number of hydrogen-bond acceptors (Lipinski definition) is 6. The minimum atomic E-state index is 0. The molecular weight excluding hydrogens is 487 g/mol. The Bertz CT molecular complexity index is 33.9. The van der Waals surface area contributed by atoms with Crippen LogP contribution >= 0.6 is 0 Å². The van der Waals surface area contributed by atoms with Gasteiger partial charge in [0.2, 0.25) is 0 Å². The first-order chi connectivity index (χ1) is 3.00. The minimum Gasteiger partial charge on any atom is -0.235 e. The highest BCUT2D eigenvalue weighted by Crippen LogP contribution is 0.753. The molecule has 0 heterocycles. The standard InChI is InChI=1S/29CH4.3HNS/c;;;;;;;;;;;;;;;;;;;;;;;;;;;;;3*1-2/h29*1H4;3*1H. The maximum Gasteiger partial charge on any atom is 0.0324 e. The summed E-state index contributed by atoms with van der Waals surface area (Å²) in [6, 6.07) is 0. The van der Waals surface area contributed by atoms with Crippen molar-refractivity contribution in [1.29, 1.82) is 14.3 Å². The summed E-state index contributed by atoms with van der Waals surface area (Å²) in [5.74, 6) is 0. The molecule has 0 spiro atoms. The van der Waals surface area contributed by atoms with E-state index in [2.05, 4.69) is 37.3 Å². The molecule has 0 aliphatic rings. The van der Waals surface area contributed by atoms with Crippen molar-refractivity contribution in [3.8, 4) is 0 Å². The van der Waals surface area contributed by atoms with Gasteiger partial charge in [0.05, 0.1) is 0 Å². The van der Waals surface area contributed by atoms with E-state index in [-0.39, 0.29) is 215 Å². The topological polar surface area (TPSA) is 71.6 Å². The van der Waals surface area contributed by atoms with Crippen LogP contribution < -0.4 is 0 Å². The Morgan fingerprint density at radius 3 is 0.114 bits per heavy atom. The zero-order valence-corrected chi connectivity index (χ0v) is 5.17. The second-order valence-corrected chi connectivity index (χ2v) is 0. The average molecular weight is 606 g/mol. The van der Waals surface area contributed by atoms with E-state index in [1.165, 1.54) is 0 Å². The Kier molecular flexibility index (Phi) is 1280000000. The van der Waals surface area contributed by atoms with E-state index in [1.54, 1.807) is 0 Å². The van der Waals surface area contributed by atoms with Gasteiger partial charge >= 0.3 is 0 Å². The molecule has 0 aromatic heterocycles. The van der Waals surface area contributed by atoms with Crippen LogP contribution in [0.3, 0.4) is 0 Å². The molecule has 35 heavy (non-hydrogen) atoms. The van der Waals surface area contributed by atoms with Gasteiger partial charge in [0.25, 0.3) is 0 Å². The van der Waals surface area contributed by atoms with E-state index in [0.29, 0.717) is 0 Å². The molecule has 3 nitrogen and oxygen atoms in total. The Labute approximate surface area is 266 Å². The van der Waals surface area contributed by atoms with E-state index < -0.39 is 0 Å². The molecule has 6 heteroatoms. The van der Waals surface area contributed by atoms with Crippen LogP contribution in [-0.2, 0) is 37.3 Å². The molecule has 0 aliphatic carbocycles. The summed E-state index contributed by atoms with van der Waals surface area (Å²) in [6.45, 7) is 0. The molecule has 0 aliphatic heterocycles. The molecule has 0 fully saturated rings. The maximum absolute atomic E-state index is 5.33. The summed E-state index contributed by atoms with van der Waals surface area (Å²) < 4.78 is 16.0. The molecule has 0 radical (unpaired) electrons. The molecule has 0 atom stereocenters. The van der Waals surface area contributed by atoms with Gasteiger partial charge in [0.1, 0.15) is 0 Å². The lowest BCUT2D eigenvalue weighted by molar-refractivity contribution is 1.67. The molecule has 0 bridgehead atoms. The first kappa shape index (κ1) is 4340. The van der Waals surface area contributed by atoms with E-state index >= 15 is 0 Å². The van der Waals surface area contributed by atoms with Gasteiger partial charge in [0.15, 0.2) is 0 Å². The fourth-order valence-corrected chi connectivity index (χ4v) is 0. The summed E-state index contributed by atoms with van der Waals surface area (Å²) in [5, 5.41) is 0. The number of nitrogens with one attached hydrogen (secondary N) is 3. The lowest BCUT2D eigenvalue weighted by Crippen LogP contribution is -0.668. The highest BCUT2D eigenvalue weighted by Gasteiger charge is 0.622. The van der Waals surface area contributed by atoms with Crippen LogP contribution in [0.2, 0.25) is 0 Å². The molecular formula is C29H119N3S3. The third-order valence-electron chi connectivity index (χ3n) is 0. The van der Waals surface area contributed by atoms with Gasteiger partial charge in [-0.3, -0.25) is 0 Å². The highest BCUT2D eigenvalue weighted by atomic mass is 32.1. The van der Waals surface area contributed by atoms with Crippen LogP contribution in [0, 0.1) is 14.3 Å². The highest BCUT2D eigenvalue weighted by molar-refractivity contribution is 7.46. The lowest BCUT2D eigenvalue weighted by Gasteiger charge is -0.821. The third kappa shape index (κ3) is 9720000. The van der Waals surface area contributed by atoms with Gasteiger partial charge in [-0.05, 0) is 0 Å². The molecule has 0 aromatic rings. The zero-order valence-electron chi connectivity index (χ0n) is 2.72. The predicted octanol–water partition coefficient (Wildman–Crippen LogP) is 19.3. The second kappa shape index (κ2) is 10300000. The summed E-state index contributed by atoms with van der Waals surface area (Å²) in [4.78, 5) is 0. The summed E-state index contributed by atoms with van der Waals surface area (Å²) >= 11 is 10.0.